The summed E-state index contributed by atoms with van der Waals surface area (Å²) in [7, 11) is 0. The van der Waals surface area contributed by atoms with Crippen molar-refractivity contribution < 1.29 is 4.79 Å². The van der Waals surface area contributed by atoms with Crippen LogP contribution in [0.25, 0.3) is 6.08 Å². The van der Waals surface area contributed by atoms with Gasteiger partial charge in [-0.05, 0) is 57.2 Å². The number of anilines is 1. The number of nitriles is 1. The molecule has 2 aliphatic heterocycles. The fourth-order valence-corrected chi connectivity index (χ4v) is 6.11. The van der Waals surface area contributed by atoms with Gasteiger partial charge < -0.3 is 4.90 Å². The number of benzene rings is 1. The molecule has 4 rings (SSSR count). The molecule has 8 heteroatoms. The number of piperidine rings is 1. The molecule has 2 aromatic rings. The van der Waals surface area contributed by atoms with Gasteiger partial charge >= 0.3 is 0 Å². The fourth-order valence-electron chi connectivity index (χ4n) is 4.71. The molecule has 2 fully saturated rings. The number of nitrogens with zero attached hydrogens (tertiary/aromatic N) is 4. The smallest absolute Gasteiger partial charge is 0.270 e. The summed E-state index contributed by atoms with van der Waals surface area (Å²) in [4.78, 5) is 31.0. The van der Waals surface area contributed by atoms with E-state index in [1.165, 1.54) is 11.8 Å². The molecule has 3 heterocycles. The molecule has 0 aliphatic carbocycles. The zero-order chi connectivity index (χ0) is 24.4. The van der Waals surface area contributed by atoms with Crippen molar-refractivity contribution in [2.45, 2.75) is 52.6 Å². The number of carbonyl (C=O) groups excluding carboxylic acids is 1. The lowest BCUT2D eigenvalue weighted by molar-refractivity contribution is -0.123. The van der Waals surface area contributed by atoms with Crippen LogP contribution in [0.2, 0.25) is 0 Å². The number of carbonyl (C=O) groups is 1. The fraction of sp³-hybridized carbons (Fsp3) is 0.385. The van der Waals surface area contributed by atoms with Gasteiger partial charge in [0.1, 0.15) is 21.8 Å². The summed E-state index contributed by atoms with van der Waals surface area (Å²) in [6.45, 7) is 7.82. The molecule has 0 radical (unpaired) electrons. The Morgan fingerprint density at radius 1 is 1.18 bits per heavy atom. The minimum atomic E-state index is -0.273. The highest BCUT2D eigenvalue weighted by atomic mass is 32.2. The van der Waals surface area contributed by atoms with Crippen LogP contribution >= 0.6 is 24.0 Å². The number of pyridine rings is 1. The van der Waals surface area contributed by atoms with Gasteiger partial charge in [0.05, 0.1) is 10.9 Å². The molecule has 176 valence electrons. The van der Waals surface area contributed by atoms with E-state index in [1.54, 1.807) is 16.4 Å². The van der Waals surface area contributed by atoms with E-state index in [2.05, 4.69) is 11.0 Å². The number of rotatable bonds is 5. The van der Waals surface area contributed by atoms with Gasteiger partial charge in [-0.15, -0.1) is 0 Å². The Morgan fingerprint density at radius 3 is 2.47 bits per heavy atom. The van der Waals surface area contributed by atoms with E-state index in [1.807, 2.05) is 50.3 Å². The van der Waals surface area contributed by atoms with Crippen molar-refractivity contribution >= 4 is 46.1 Å². The second kappa shape index (κ2) is 10.2. The van der Waals surface area contributed by atoms with Crippen LogP contribution in [-0.2, 0) is 11.3 Å². The van der Waals surface area contributed by atoms with Gasteiger partial charge in [-0.25, -0.2) is 0 Å². The average molecular weight is 493 g/mol. The largest absolute Gasteiger partial charge is 0.357 e. The SMILES string of the molecule is CCn1c(N2CCCCC2)c(/C=C2\SC(=S)N(C(C)c3ccccc3)C2=O)c(C)c(C#N)c1=O. The molecule has 0 spiro atoms. The summed E-state index contributed by atoms with van der Waals surface area (Å²) >= 11 is 6.88. The standard InChI is InChI=1S/C26H28N4O2S2/c1-4-29-23(28-13-9-6-10-14-28)20(17(2)21(16-27)24(29)31)15-22-25(32)30(26(33)34-22)18(3)19-11-7-5-8-12-19/h5,7-8,11-12,15,18H,4,6,9-10,13-14H2,1-3H3/b22-15-. The highest BCUT2D eigenvalue weighted by molar-refractivity contribution is 8.26. The van der Waals surface area contributed by atoms with Crippen molar-refractivity contribution in [3.05, 3.63) is 67.8 Å². The zero-order valence-corrected chi connectivity index (χ0v) is 21.3. The molecule has 1 unspecified atom stereocenters. The number of aromatic nitrogens is 1. The predicted molar refractivity (Wildman–Crippen MR) is 142 cm³/mol. The van der Waals surface area contributed by atoms with Gasteiger partial charge in [-0.3, -0.25) is 19.1 Å². The van der Waals surface area contributed by atoms with E-state index in [0.29, 0.717) is 21.3 Å². The molecule has 34 heavy (non-hydrogen) atoms. The molecule has 0 saturated carbocycles. The Bertz CT molecular complexity index is 1250. The first kappa shape index (κ1) is 24.2. The van der Waals surface area contributed by atoms with Crippen LogP contribution in [0.3, 0.4) is 0 Å². The monoisotopic (exact) mass is 492 g/mol. The molecular weight excluding hydrogens is 464 g/mol. The third-order valence-corrected chi connectivity index (χ3v) is 7.92. The van der Waals surface area contributed by atoms with Gasteiger partial charge in [0, 0.05) is 25.2 Å². The van der Waals surface area contributed by atoms with Crippen LogP contribution in [0.4, 0.5) is 5.82 Å². The summed E-state index contributed by atoms with van der Waals surface area (Å²) in [6.07, 6.45) is 5.09. The summed E-state index contributed by atoms with van der Waals surface area (Å²) in [5.41, 5.74) is 2.23. The van der Waals surface area contributed by atoms with Crippen molar-refractivity contribution in [1.82, 2.24) is 9.47 Å². The molecule has 2 saturated heterocycles. The Morgan fingerprint density at radius 2 is 1.85 bits per heavy atom. The Labute approximate surface area is 209 Å². The van der Waals surface area contributed by atoms with E-state index >= 15 is 0 Å². The van der Waals surface area contributed by atoms with E-state index in [-0.39, 0.29) is 23.1 Å². The van der Waals surface area contributed by atoms with Crippen molar-refractivity contribution in [3.8, 4) is 6.07 Å². The summed E-state index contributed by atoms with van der Waals surface area (Å²) < 4.78 is 2.19. The normalized spacial score (nSPS) is 18.5. The molecule has 0 bridgehead atoms. The van der Waals surface area contributed by atoms with Gasteiger partial charge in [0.25, 0.3) is 11.5 Å². The van der Waals surface area contributed by atoms with Crippen LogP contribution < -0.4 is 10.5 Å². The predicted octanol–water partition coefficient (Wildman–Crippen LogP) is 5.00. The summed E-state index contributed by atoms with van der Waals surface area (Å²) in [5.74, 6) is 0.646. The number of thioether (sulfide) groups is 1. The van der Waals surface area contributed by atoms with Crippen molar-refractivity contribution in [1.29, 1.82) is 5.26 Å². The summed E-state index contributed by atoms with van der Waals surface area (Å²) in [6, 6.07) is 11.7. The minimum Gasteiger partial charge on any atom is -0.357 e. The van der Waals surface area contributed by atoms with E-state index < -0.39 is 0 Å². The molecular formula is C26H28N4O2S2. The number of hydrogen-bond acceptors (Lipinski definition) is 6. The highest BCUT2D eigenvalue weighted by Crippen LogP contribution is 2.40. The van der Waals surface area contributed by atoms with E-state index in [0.717, 1.165) is 49.3 Å². The molecule has 1 aromatic carbocycles. The molecule has 2 aliphatic rings. The van der Waals surface area contributed by atoms with Crippen LogP contribution in [-0.4, -0.2) is 32.8 Å². The minimum absolute atomic E-state index is 0.127. The lowest BCUT2D eigenvalue weighted by Crippen LogP contribution is -2.37. The summed E-state index contributed by atoms with van der Waals surface area (Å²) in [5, 5.41) is 9.74. The van der Waals surface area contributed by atoms with Gasteiger partial charge in [-0.1, -0.05) is 54.3 Å². The first-order chi connectivity index (χ1) is 16.4. The number of amides is 1. The Kier molecular flexibility index (Phi) is 7.24. The van der Waals surface area contributed by atoms with E-state index in [4.69, 9.17) is 12.2 Å². The lowest BCUT2D eigenvalue weighted by Gasteiger charge is -2.33. The van der Waals surface area contributed by atoms with Crippen LogP contribution in [0.1, 0.15) is 61.4 Å². The van der Waals surface area contributed by atoms with Gasteiger partial charge in [-0.2, -0.15) is 5.26 Å². The maximum atomic E-state index is 13.5. The Balaban J connectivity index is 1.83. The topological polar surface area (TPSA) is 69.3 Å². The highest BCUT2D eigenvalue weighted by Gasteiger charge is 2.36. The quantitative estimate of drug-likeness (QED) is 0.432. The zero-order valence-electron chi connectivity index (χ0n) is 19.7. The second-order valence-electron chi connectivity index (χ2n) is 8.58. The van der Waals surface area contributed by atoms with Crippen LogP contribution in [0, 0.1) is 18.3 Å². The van der Waals surface area contributed by atoms with E-state index in [9.17, 15) is 14.9 Å². The molecule has 1 atom stereocenters. The molecule has 6 nitrogen and oxygen atoms in total. The Hall–Kier alpha value is -2.89. The molecule has 1 aromatic heterocycles. The first-order valence-corrected chi connectivity index (χ1v) is 12.9. The number of thiocarbonyl (C=S) groups is 1. The maximum Gasteiger partial charge on any atom is 0.270 e. The second-order valence-corrected chi connectivity index (χ2v) is 10.3. The number of hydrogen-bond donors (Lipinski definition) is 0. The maximum absolute atomic E-state index is 13.5. The van der Waals surface area contributed by atoms with Crippen molar-refractivity contribution in [3.63, 3.8) is 0 Å². The van der Waals surface area contributed by atoms with Crippen molar-refractivity contribution in [2.75, 3.05) is 18.0 Å². The van der Waals surface area contributed by atoms with Crippen LogP contribution in [0.15, 0.2) is 40.0 Å². The first-order valence-electron chi connectivity index (χ1n) is 11.6. The molecule has 0 N–H and O–H groups in total. The molecule has 1 amide bonds. The lowest BCUT2D eigenvalue weighted by atomic mass is 10.0. The van der Waals surface area contributed by atoms with Crippen molar-refractivity contribution in [2.24, 2.45) is 0 Å². The third-order valence-electron chi connectivity index (χ3n) is 6.59. The third kappa shape index (κ3) is 4.30. The van der Waals surface area contributed by atoms with Crippen LogP contribution in [0.5, 0.6) is 0 Å². The average Bonchev–Trinajstić information content (AvgIpc) is 3.14. The van der Waals surface area contributed by atoms with Gasteiger partial charge in [0.15, 0.2) is 0 Å². The van der Waals surface area contributed by atoms with Gasteiger partial charge in [0.2, 0.25) is 0 Å².